The minimum Gasteiger partial charge on any atom is -0.568 e. The zero-order chi connectivity index (χ0) is 10.6. The van der Waals surface area contributed by atoms with Crippen molar-refractivity contribution >= 4 is 8.05 Å². The Labute approximate surface area is 86.9 Å². The van der Waals surface area contributed by atoms with Crippen molar-refractivity contribution in [3.05, 3.63) is 29.3 Å². The highest BCUT2D eigenvalue weighted by molar-refractivity contribution is 5.99. The molecule has 0 bridgehead atoms. The number of rotatable bonds is 4. The summed E-state index contributed by atoms with van der Waals surface area (Å²) in [6.07, 6.45) is 0.974. The van der Waals surface area contributed by atoms with Crippen molar-refractivity contribution in [3.8, 4) is 5.75 Å². The van der Waals surface area contributed by atoms with E-state index in [4.69, 9.17) is 18.4 Å². The number of hydrogen-bond acceptors (Lipinski definition) is 2. The average molecular weight is 189 g/mol. The molecule has 0 saturated carbocycles. The van der Waals surface area contributed by atoms with Gasteiger partial charge in [-0.1, -0.05) is 19.9 Å². The Balaban J connectivity index is 3.04. The van der Waals surface area contributed by atoms with Crippen LogP contribution in [0.5, 0.6) is 5.75 Å². The van der Waals surface area contributed by atoms with Crippen molar-refractivity contribution in [1.82, 2.24) is 0 Å². The molecule has 0 aliphatic carbocycles. The Kier molecular flexibility index (Phi) is 4.02. The molecule has 1 unspecified atom stereocenters. The molecular formula is C11H16BNO. The van der Waals surface area contributed by atoms with Crippen LogP contribution in [-0.4, -0.2) is 14.6 Å². The van der Waals surface area contributed by atoms with Gasteiger partial charge >= 0.3 is 8.05 Å². The molecule has 1 aromatic carbocycles. The van der Waals surface area contributed by atoms with E-state index in [0.29, 0.717) is 18.2 Å². The van der Waals surface area contributed by atoms with Gasteiger partial charge in [-0.05, 0) is 42.1 Å². The van der Waals surface area contributed by atoms with Gasteiger partial charge in [-0.25, -0.2) is 0 Å². The molecule has 2 radical (unpaired) electrons. The lowest BCUT2D eigenvalue weighted by Crippen LogP contribution is -2.09. The third kappa shape index (κ3) is 2.52. The second-order valence-electron chi connectivity index (χ2n) is 3.52. The van der Waals surface area contributed by atoms with Crippen LogP contribution < -0.4 is 10.4 Å². The van der Waals surface area contributed by atoms with E-state index in [1.165, 1.54) is 11.1 Å². The third-order valence-electron chi connectivity index (χ3n) is 2.46. The van der Waals surface area contributed by atoms with E-state index in [1.54, 1.807) is 0 Å². The largest absolute Gasteiger partial charge is 0.568 e. The van der Waals surface area contributed by atoms with Crippen LogP contribution in [0, 0.1) is 0 Å². The predicted molar refractivity (Wildman–Crippen MR) is 59.7 cm³/mol. The maximum Gasteiger partial charge on any atom is 0.374 e. The molecule has 3 heteroatoms. The summed E-state index contributed by atoms with van der Waals surface area (Å²) in [5.41, 5.74) is 8.03. The van der Waals surface area contributed by atoms with Crippen LogP contribution in [0.15, 0.2) is 18.2 Å². The van der Waals surface area contributed by atoms with Crippen LogP contribution in [0.4, 0.5) is 0 Å². The first-order valence-corrected chi connectivity index (χ1v) is 4.92. The van der Waals surface area contributed by atoms with E-state index in [1.807, 2.05) is 12.1 Å². The Morgan fingerprint density at radius 1 is 1.43 bits per heavy atom. The fraction of sp³-hybridized carbons (Fsp3) is 0.455. The molecule has 1 aromatic rings. The van der Waals surface area contributed by atoms with Crippen LogP contribution in [0.3, 0.4) is 0 Å². The van der Waals surface area contributed by atoms with Crippen molar-refractivity contribution < 1.29 is 4.65 Å². The lowest BCUT2D eigenvalue weighted by atomic mass is 9.98. The first-order chi connectivity index (χ1) is 6.71. The summed E-state index contributed by atoms with van der Waals surface area (Å²) in [7, 11) is 5.15. The van der Waals surface area contributed by atoms with Crippen molar-refractivity contribution in [1.29, 1.82) is 0 Å². The van der Waals surface area contributed by atoms with E-state index >= 15 is 0 Å². The van der Waals surface area contributed by atoms with Crippen molar-refractivity contribution in [3.63, 3.8) is 0 Å². The molecule has 1 rings (SSSR count). The van der Waals surface area contributed by atoms with Gasteiger partial charge in [-0.3, -0.25) is 0 Å². The number of benzene rings is 1. The summed E-state index contributed by atoms with van der Waals surface area (Å²) >= 11 is 0. The Hall–Kier alpha value is -0.955. The number of hydrogen-bond donors (Lipinski definition) is 1. The zero-order valence-corrected chi connectivity index (χ0v) is 8.79. The molecule has 0 fully saturated rings. The molecule has 0 heterocycles. The van der Waals surface area contributed by atoms with E-state index in [-0.39, 0.29) is 0 Å². The quantitative estimate of drug-likeness (QED) is 0.732. The van der Waals surface area contributed by atoms with Crippen LogP contribution in [-0.2, 0) is 6.42 Å². The average Bonchev–Trinajstić information content (AvgIpc) is 2.27. The van der Waals surface area contributed by atoms with Gasteiger partial charge in [0.25, 0.3) is 0 Å². The minimum absolute atomic E-state index is 0.343. The van der Waals surface area contributed by atoms with Gasteiger partial charge in [0.1, 0.15) is 0 Å². The fourth-order valence-corrected chi connectivity index (χ4v) is 1.38. The van der Waals surface area contributed by atoms with E-state index in [2.05, 4.69) is 19.9 Å². The van der Waals surface area contributed by atoms with Gasteiger partial charge in [0.2, 0.25) is 0 Å². The molecule has 0 spiro atoms. The molecule has 14 heavy (non-hydrogen) atoms. The lowest BCUT2D eigenvalue weighted by Gasteiger charge is -2.12. The molecular weight excluding hydrogens is 173 g/mol. The molecule has 0 aliphatic rings. The minimum atomic E-state index is 0.343. The molecule has 0 amide bonds. The predicted octanol–water partition coefficient (Wildman–Crippen LogP) is 1.77. The first-order valence-electron chi connectivity index (χ1n) is 4.92. The van der Waals surface area contributed by atoms with Gasteiger partial charge in [0.05, 0.1) is 5.75 Å². The summed E-state index contributed by atoms with van der Waals surface area (Å²) in [4.78, 5) is 0. The van der Waals surface area contributed by atoms with Crippen LogP contribution in [0.25, 0.3) is 0 Å². The monoisotopic (exact) mass is 189 g/mol. The van der Waals surface area contributed by atoms with Crippen molar-refractivity contribution in [2.75, 3.05) is 6.54 Å². The third-order valence-corrected chi connectivity index (χ3v) is 2.46. The van der Waals surface area contributed by atoms with Gasteiger partial charge in [-0.15, -0.1) is 0 Å². The summed E-state index contributed by atoms with van der Waals surface area (Å²) < 4.78 is 4.75. The normalized spacial score (nSPS) is 12.5. The molecule has 74 valence electrons. The highest BCUT2D eigenvalue weighted by Crippen LogP contribution is 2.22. The van der Waals surface area contributed by atoms with Gasteiger partial charge in [0.15, 0.2) is 0 Å². The van der Waals surface area contributed by atoms with Crippen molar-refractivity contribution in [2.45, 2.75) is 26.2 Å². The summed E-state index contributed by atoms with van der Waals surface area (Å²) in [5.74, 6) is 1.05. The number of aryl methyl sites for hydroxylation is 1. The SMILES string of the molecule is [B]Oc1cc(CC)cc(C(C)CN)c1. The van der Waals surface area contributed by atoms with Crippen LogP contribution in [0.2, 0.25) is 0 Å². The molecule has 0 saturated heterocycles. The molecule has 0 aliphatic heterocycles. The Morgan fingerprint density at radius 2 is 2.14 bits per heavy atom. The second-order valence-corrected chi connectivity index (χ2v) is 3.52. The van der Waals surface area contributed by atoms with E-state index in [0.717, 1.165) is 6.42 Å². The van der Waals surface area contributed by atoms with Gasteiger partial charge in [-0.2, -0.15) is 0 Å². The highest BCUT2D eigenvalue weighted by atomic mass is 16.4. The molecule has 2 nitrogen and oxygen atoms in total. The van der Waals surface area contributed by atoms with Crippen molar-refractivity contribution in [2.24, 2.45) is 5.73 Å². The van der Waals surface area contributed by atoms with E-state index < -0.39 is 0 Å². The summed E-state index contributed by atoms with van der Waals surface area (Å²) in [6.45, 7) is 4.83. The molecule has 1 atom stereocenters. The van der Waals surface area contributed by atoms with Crippen LogP contribution in [0.1, 0.15) is 30.9 Å². The Bertz CT molecular complexity index is 279. The fourth-order valence-electron chi connectivity index (χ4n) is 1.38. The summed E-state index contributed by atoms with van der Waals surface area (Å²) in [6, 6.07) is 6.05. The maximum atomic E-state index is 5.62. The summed E-state index contributed by atoms with van der Waals surface area (Å²) in [5, 5.41) is 0. The lowest BCUT2D eigenvalue weighted by molar-refractivity contribution is 0.611. The standard InChI is InChI=1S/C11H16BNO/c1-3-9-4-10(8(2)7-13)6-11(5-9)14-12/h4-6,8H,3,7,13H2,1-2H3. The molecule has 0 aromatic heterocycles. The second kappa shape index (κ2) is 5.06. The Morgan fingerprint density at radius 3 is 2.64 bits per heavy atom. The topological polar surface area (TPSA) is 35.2 Å². The maximum absolute atomic E-state index is 5.62. The number of nitrogens with two attached hydrogens (primary N) is 1. The smallest absolute Gasteiger partial charge is 0.374 e. The van der Waals surface area contributed by atoms with Crippen LogP contribution >= 0.6 is 0 Å². The zero-order valence-electron chi connectivity index (χ0n) is 8.79. The van der Waals surface area contributed by atoms with E-state index in [9.17, 15) is 0 Å². The molecule has 2 N–H and O–H groups in total. The van der Waals surface area contributed by atoms with Gasteiger partial charge in [0, 0.05) is 0 Å². The first kappa shape index (κ1) is 11.1. The van der Waals surface area contributed by atoms with Gasteiger partial charge < -0.3 is 10.4 Å². The highest BCUT2D eigenvalue weighted by Gasteiger charge is 2.06.